The molecule has 10 heteroatoms. The highest BCUT2D eigenvalue weighted by Crippen LogP contribution is 2.23. The van der Waals surface area contributed by atoms with Crippen LogP contribution in [0.1, 0.15) is 31.9 Å². The van der Waals surface area contributed by atoms with Crippen LogP contribution in [0.3, 0.4) is 0 Å². The maximum atomic E-state index is 14.8. The summed E-state index contributed by atoms with van der Waals surface area (Å²) in [5.74, 6) is -1.64. The number of amides is 2. The van der Waals surface area contributed by atoms with Gasteiger partial charge in [-0.3, -0.25) is 13.9 Å². The number of carbonyl (C=O) groups excluding carboxylic acids is 2. The molecule has 1 atom stereocenters. The van der Waals surface area contributed by atoms with Gasteiger partial charge in [0.15, 0.2) is 0 Å². The average molecular weight is 574 g/mol. The lowest BCUT2D eigenvalue weighted by atomic mass is 10.0. The van der Waals surface area contributed by atoms with Crippen molar-refractivity contribution in [2.24, 2.45) is 0 Å². The first-order chi connectivity index (χ1) is 18.2. The fourth-order valence-electron chi connectivity index (χ4n) is 4.04. The Bertz CT molecular complexity index is 1390. The van der Waals surface area contributed by atoms with Crippen LogP contribution in [0, 0.1) is 5.82 Å². The highest BCUT2D eigenvalue weighted by atomic mass is 35.5. The molecule has 0 fully saturated rings. The van der Waals surface area contributed by atoms with E-state index >= 15 is 0 Å². The topological polar surface area (TPSA) is 86.8 Å². The molecule has 3 aromatic rings. The van der Waals surface area contributed by atoms with Gasteiger partial charge in [0.25, 0.3) is 0 Å². The Labute approximate surface area is 234 Å². The van der Waals surface area contributed by atoms with Gasteiger partial charge in [-0.25, -0.2) is 12.8 Å². The number of nitrogens with one attached hydrogen (secondary N) is 1. The fraction of sp³-hybridized carbons (Fsp3) is 0.310. The van der Waals surface area contributed by atoms with E-state index in [0.29, 0.717) is 5.02 Å². The fourth-order valence-corrected chi connectivity index (χ4v) is 5.01. The third-order valence-electron chi connectivity index (χ3n) is 5.86. The van der Waals surface area contributed by atoms with Gasteiger partial charge in [0.05, 0.1) is 11.9 Å². The van der Waals surface area contributed by atoms with Crippen molar-refractivity contribution in [3.63, 3.8) is 0 Å². The van der Waals surface area contributed by atoms with Crippen LogP contribution >= 0.6 is 11.6 Å². The number of carbonyl (C=O) groups is 2. The summed E-state index contributed by atoms with van der Waals surface area (Å²) in [6.45, 7) is 4.63. The normalized spacial score (nSPS) is 12.5. The summed E-state index contributed by atoms with van der Waals surface area (Å²) in [5.41, 5.74) is 0.612. The zero-order chi connectivity index (χ0) is 28.8. The quantitative estimate of drug-likeness (QED) is 0.377. The smallest absolute Gasteiger partial charge is 0.244 e. The van der Waals surface area contributed by atoms with Gasteiger partial charge in [-0.05, 0) is 56.7 Å². The molecule has 3 aromatic carbocycles. The highest BCUT2D eigenvalue weighted by molar-refractivity contribution is 7.92. The van der Waals surface area contributed by atoms with E-state index < -0.39 is 45.8 Å². The van der Waals surface area contributed by atoms with Crippen LogP contribution in [0.2, 0.25) is 5.02 Å². The predicted octanol–water partition coefficient (Wildman–Crippen LogP) is 4.80. The van der Waals surface area contributed by atoms with Gasteiger partial charge in [0.1, 0.15) is 18.4 Å². The molecule has 3 rings (SSSR count). The van der Waals surface area contributed by atoms with Crippen LogP contribution in [-0.2, 0) is 32.6 Å². The largest absolute Gasteiger partial charge is 0.350 e. The van der Waals surface area contributed by atoms with Crippen molar-refractivity contribution in [3.8, 4) is 0 Å². The molecule has 0 aliphatic carbocycles. The molecular weight excluding hydrogens is 541 g/mol. The molecular formula is C29H33ClFN3O4S. The number of halogens is 2. The van der Waals surface area contributed by atoms with Gasteiger partial charge >= 0.3 is 0 Å². The van der Waals surface area contributed by atoms with Crippen LogP contribution in [0.5, 0.6) is 0 Å². The summed E-state index contributed by atoms with van der Waals surface area (Å²) in [6, 6.07) is 20.1. The summed E-state index contributed by atoms with van der Waals surface area (Å²) in [4.78, 5) is 28.8. The third-order valence-corrected chi connectivity index (χ3v) is 7.25. The number of rotatable bonds is 10. The molecule has 0 unspecified atom stereocenters. The Morgan fingerprint density at radius 1 is 0.949 bits per heavy atom. The summed E-state index contributed by atoms with van der Waals surface area (Å²) >= 11 is 5.97. The Morgan fingerprint density at radius 3 is 2.10 bits per heavy atom. The minimum Gasteiger partial charge on any atom is -0.350 e. The molecule has 0 spiro atoms. The number of anilines is 1. The van der Waals surface area contributed by atoms with Crippen LogP contribution in [0.25, 0.3) is 0 Å². The van der Waals surface area contributed by atoms with E-state index in [0.717, 1.165) is 16.1 Å². The van der Waals surface area contributed by atoms with Crippen molar-refractivity contribution in [3.05, 3.63) is 101 Å². The van der Waals surface area contributed by atoms with Crippen molar-refractivity contribution < 1.29 is 22.4 Å². The van der Waals surface area contributed by atoms with Crippen LogP contribution in [0.4, 0.5) is 10.1 Å². The van der Waals surface area contributed by atoms with Crippen molar-refractivity contribution in [2.75, 3.05) is 17.1 Å². The predicted molar refractivity (Wildman–Crippen MR) is 152 cm³/mol. The molecule has 0 saturated carbocycles. The first-order valence-electron chi connectivity index (χ1n) is 12.4. The van der Waals surface area contributed by atoms with Gasteiger partial charge in [-0.1, -0.05) is 60.1 Å². The second-order valence-corrected chi connectivity index (χ2v) is 12.6. The van der Waals surface area contributed by atoms with E-state index in [1.165, 1.54) is 47.4 Å². The maximum absolute atomic E-state index is 14.8. The van der Waals surface area contributed by atoms with Gasteiger partial charge in [-0.15, -0.1) is 0 Å². The number of sulfonamides is 1. The van der Waals surface area contributed by atoms with E-state index in [4.69, 9.17) is 11.6 Å². The minimum absolute atomic E-state index is 0.142. The highest BCUT2D eigenvalue weighted by Gasteiger charge is 2.34. The lowest BCUT2D eigenvalue weighted by Gasteiger charge is -2.35. The minimum atomic E-state index is -3.91. The first kappa shape index (κ1) is 30.1. The van der Waals surface area contributed by atoms with Crippen molar-refractivity contribution in [2.45, 2.75) is 45.3 Å². The first-order valence-corrected chi connectivity index (χ1v) is 14.6. The number of nitrogens with zero attached hydrogens (tertiary/aromatic N) is 2. The molecule has 0 heterocycles. The number of hydrogen-bond donors (Lipinski definition) is 1. The van der Waals surface area contributed by atoms with Crippen molar-refractivity contribution >= 4 is 39.1 Å². The SMILES string of the molecule is CC(C)(C)NC(=O)[C@@H](Cc1ccccc1)N(Cc1ccccc1F)C(=O)CN(c1ccc(Cl)cc1)S(C)(=O)=O. The Balaban J connectivity index is 2.08. The Hall–Kier alpha value is -3.43. The summed E-state index contributed by atoms with van der Waals surface area (Å²) in [5, 5.41) is 3.33. The summed E-state index contributed by atoms with van der Waals surface area (Å²) in [6.07, 6.45) is 1.13. The third kappa shape index (κ3) is 8.80. The molecule has 208 valence electrons. The standard InChI is InChI=1S/C29H33ClFN3O4S/c1-29(2,3)32-28(36)26(18-21-10-6-5-7-11-21)33(19-22-12-8-9-13-25(22)31)27(35)20-34(39(4,37)38)24-16-14-23(30)15-17-24/h5-17,26H,18-20H2,1-4H3,(H,32,36)/t26-/m1/s1. The number of hydrogen-bond acceptors (Lipinski definition) is 4. The van der Waals surface area contributed by atoms with E-state index in [1.807, 2.05) is 51.1 Å². The van der Waals surface area contributed by atoms with E-state index in [-0.39, 0.29) is 24.2 Å². The molecule has 0 aliphatic heterocycles. The lowest BCUT2D eigenvalue weighted by molar-refractivity contribution is -0.140. The van der Waals surface area contributed by atoms with Gasteiger partial charge in [0.2, 0.25) is 21.8 Å². The molecule has 39 heavy (non-hydrogen) atoms. The van der Waals surface area contributed by atoms with Gasteiger partial charge in [-0.2, -0.15) is 0 Å². The maximum Gasteiger partial charge on any atom is 0.244 e. The Morgan fingerprint density at radius 2 is 1.54 bits per heavy atom. The summed E-state index contributed by atoms with van der Waals surface area (Å²) < 4.78 is 41.2. The molecule has 2 amide bonds. The molecule has 0 aromatic heterocycles. The second kappa shape index (κ2) is 12.6. The zero-order valence-corrected chi connectivity index (χ0v) is 24.0. The molecule has 1 N–H and O–H groups in total. The van der Waals surface area contributed by atoms with Gasteiger partial charge < -0.3 is 10.2 Å². The van der Waals surface area contributed by atoms with E-state index in [2.05, 4.69) is 5.32 Å². The van der Waals surface area contributed by atoms with E-state index in [9.17, 15) is 22.4 Å². The van der Waals surface area contributed by atoms with Crippen LogP contribution in [-0.4, -0.2) is 49.5 Å². The van der Waals surface area contributed by atoms with Gasteiger partial charge in [0, 0.05) is 29.1 Å². The zero-order valence-electron chi connectivity index (χ0n) is 22.4. The average Bonchev–Trinajstić information content (AvgIpc) is 2.85. The monoisotopic (exact) mass is 573 g/mol. The molecule has 0 aliphatic rings. The number of benzene rings is 3. The molecule has 0 radical (unpaired) electrons. The molecule has 7 nitrogen and oxygen atoms in total. The van der Waals surface area contributed by atoms with Crippen molar-refractivity contribution in [1.82, 2.24) is 10.2 Å². The van der Waals surface area contributed by atoms with Crippen LogP contribution < -0.4 is 9.62 Å². The Kier molecular flexibility index (Phi) is 9.74. The molecule has 0 saturated heterocycles. The molecule has 0 bridgehead atoms. The van der Waals surface area contributed by atoms with Crippen LogP contribution in [0.15, 0.2) is 78.9 Å². The lowest BCUT2D eigenvalue weighted by Crippen LogP contribution is -2.56. The summed E-state index contributed by atoms with van der Waals surface area (Å²) in [7, 11) is -3.91. The van der Waals surface area contributed by atoms with Crippen molar-refractivity contribution in [1.29, 1.82) is 0 Å². The second-order valence-electron chi connectivity index (χ2n) is 10.3. The van der Waals surface area contributed by atoms with E-state index in [1.54, 1.807) is 6.07 Å².